The third-order valence-corrected chi connectivity index (χ3v) is 6.05. The molecule has 7 nitrogen and oxygen atoms in total. The number of carboxylic acid groups (broad SMARTS) is 1. The number of nitrogens with one attached hydrogen (secondary N) is 1. The Hall–Kier alpha value is -3.91. The van der Waals surface area contributed by atoms with Crippen LogP contribution >= 0.6 is 12.2 Å². The fourth-order valence-electron chi connectivity index (χ4n) is 4.38. The summed E-state index contributed by atoms with van der Waals surface area (Å²) in [4.78, 5) is 19.0. The summed E-state index contributed by atoms with van der Waals surface area (Å²) >= 11 is 5.00. The molecule has 8 heteroatoms. The monoisotopic (exact) mass is 488 g/mol. The number of anilines is 2. The van der Waals surface area contributed by atoms with Crippen molar-refractivity contribution < 1.29 is 14.3 Å². The quantitative estimate of drug-likeness (QED) is 0.239. The van der Waals surface area contributed by atoms with Crippen LogP contribution in [-0.4, -0.2) is 35.8 Å². The van der Waals surface area contributed by atoms with E-state index in [1.807, 2.05) is 43.3 Å². The summed E-state index contributed by atoms with van der Waals surface area (Å²) in [6.07, 6.45) is 0. The molecule has 1 aliphatic carbocycles. The number of hydrogen-bond donors (Lipinski definition) is 3. The van der Waals surface area contributed by atoms with Crippen molar-refractivity contribution >= 4 is 45.6 Å². The molecule has 0 saturated heterocycles. The molecule has 0 spiro atoms. The molecule has 1 heterocycles. The average molecular weight is 489 g/mol. The summed E-state index contributed by atoms with van der Waals surface area (Å²) in [6.45, 7) is 8.55. The summed E-state index contributed by atoms with van der Waals surface area (Å²) in [6, 6.07) is 16.8. The number of hydrogen-bond acceptors (Lipinski definition) is 5. The summed E-state index contributed by atoms with van der Waals surface area (Å²) in [7, 11) is 0. The molecule has 4 N–H and O–H groups in total. The van der Waals surface area contributed by atoms with Crippen LogP contribution in [0.15, 0.2) is 64.0 Å². The molecule has 4 rings (SSSR count). The minimum absolute atomic E-state index is 0.103. The molecule has 0 unspecified atom stereocenters. The van der Waals surface area contributed by atoms with Crippen LogP contribution in [0.25, 0.3) is 33.4 Å². The maximum absolute atomic E-state index is 12.2. The van der Waals surface area contributed by atoms with Gasteiger partial charge in [0.1, 0.15) is 11.3 Å². The van der Waals surface area contributed by atoms with Crippen molar-refractivity contribution in [1.29, 1.82) is 0 Å². The highest BCUT2D eigenvalue weighted by atomic mass is 32.1. The molecule has 180 valence electrons. The summed E-state index contributed by atoms with van der Waals surface area (Å²) in [5, 5.41) is 14.7. The molecule has 0 saturated carbocycles. The largest absolute Gasteiger partial charge is 0.478 e. The van der Waals surface area contributed by atoms with Crippen LogP contribution in [0.5, 0.6) is 0 Å². The highest BCUT2D eigenvalue weighted by Crippen LogP contribution is 2.42. The molecular formula is C27H28N4O3S. The number of aromatic carboxylic acids is 1. The fraction of sp³-hybridized carbons (Fsp3) is 0.222. The second kappa shape index (κ2) is 10.1. The molecule has 0 amide bonds. The van der Waals surface area contributed by atoms with Crippen LogP contribution < -0.4 is 21.3 Å². The molecular weight excluding hydrogens is 460 g/mol. The van der Waals surface area contributed by atoms with Crippen molar-refractivity contribution in [3.8, 4) is 22.5 Å². The number of nitrogens with zero attached hydrogens (tertiary/aromatic N) is 2. The highest BCUT2D eigenvalue weighted by Gasteiger charge is 2.22. The van der Waals surface area contributed by atoms with Gasteiger partial charge in [0.05, 0.1) is 10.9 Å². The van der Waals surface area contributed by atoms with E-state index in [-0.39, 0.29) is 10.7 Å². The summed E-state index contributed by atoms with van der Waals surface area (Å²) < 4.78 is 6.38. The highest BCUT2D eigenvalue weighted by molar-refractivity contribution is 7.80. The Bertz CT molecular complexity index is 1460. The van der Waals surface area contributed by atoms with E-state index in [9.17, 15) is 9.90 Å². The Balaban J connectivity index is 2.11. The third-order valence-electron chi connectivity index (χ3n) is 5.95. The van der Waals surface area contributed by atoms with Gasteiger partial charge in [0, 0.05) is 59.7 Å². The van der Waals surface area contributed by atoms with Crippen molar-refractivity contribution in [3.63, 3.8) is 0 Å². The SMILES string of the molecule is CCN=c1ccc2c(-c3cc(NC(N)=S)ccc3C(=O)O)c3ccc(N(CC)CC)cc3oc-2c1. The van der Waals surface area contributed by atoms with Crippen LogP contribution in [-0.2, 0) is 0 Å². The zero-order valence-electron chi connectivity index (χ0n) is 20.0. The lowest BCUT2D eigenvalue weighted by molar-refractivity contribution is 0.0698. The number of fused-ring (bicyclic) bond motifs is 2. The number of thiocarbonyl (C=S) groups is 1. The van der Waals surface area contributed by atoms with Crippen molar-refractivity contribution in [3.05, 3.63) is 65.5 Å². The first-order valence-electron chi connectivity index (χ1n) is 11.6. The molecule has 2 aliphatic rings. The predicted octanol–water partition coefficient (Wildman–Crippen LogP) is 5.33. The van der Waals surface area contributed by atoms with E-state index < -0.39 is 5.97 Å². The zero-order chi connectivity index (χ0) is 25.1. The Morgan fingerprint density at radius 1 is 1.06 bits per heavy atom. The van der Waals surface area contributed by atoms with Crippen LogP contribution in [0.1, 0.15) is 31.1 Å². The van der Waals surface area contributed by atoms with Gasteiger partial charge in [0.2, 0.25) is 0 Å². The standard InChI is InChI=1S/C27H28N4O3S/c1-4-29-16-7-11-20-23(14-16)34-24-15-18(31(5-2)6-3)9-12-21(24)25(20)22-13-17(30-27(28)35)8-10-19(22)26(32)33/h7-15H,4-6H2,1-3H3,(H,32,33)(H3,28,30,35). The first kappa shape index (κ1) is 24.2. The Morgan fingerprint density at radius 2 is 1.83 bits per heavy atom. The maximum atomic E-state index is 12.2. The molecule has 2 aromatic rings. The summed E-state index contributed by atoms with van der Waals surface area (Å²) in [5.41, 5.74) is 10.3. The van der Waals surface area contributed by atoms with E-state index in [0.717, 1.165) is 40.6 Å². The number of rotatable bonds is 7. The van der Waals surface area contributed by atoms with Gasteiger partial charge in [-0.2, -0.15) is 0 Å². The summed E-state index contributed by atoms with van der Waals surface area (Å²) in [5.74, 6) is -0.399. The lowest BCUT2D eigenvalue weighted by Crippen LogP contribution is -2.21. The molecule has 0 aromatic heterocycles. The van der Waals surface area contributed by atoms with Gasteiger partial charge in [-0.15, -0.1) is 0 Å². The van der Waals surface area contributed by atoms with Gasteiger partial charge in [-0.1, -0.05) is 0 Å². The molecule has 0 fully saturated rings. The topological polar surface area (TPSA) is 104 Å². The van der Waals surface area contributed by atoms with E-state index >= 15 is 0 Å². The molecule has 0 bridgehead atoms. The van der Waals surface area contributed by atoms with E-state index in [2.05, 4.69) is 29.1 Å². The number of benzene rings is 3. The van der Waals surface area contributed by atoms with Gasteiger partial charge in [-0.3, -0.25) is 4.99 Å². The van der Waals surface area contributed by atoms with E-state index in [1.54, 1.807) is 18.2 Å². The van der Waals surface area contributed by atoms with Gasteiger partial charge in [-0.05, 0) is 81.0 Å². The molecule has 2 aromatic carbocycles. The second-order valence-electron chi connectivity index (χ2n) is 8.04. The Kier molecular flexibility index (Phi) is 7.02. The van der Waals surface area contributed by atoms with Crippen molar-refractivity contribution in [2.24, 2.45) is 10.7 Å². The fourth-order valence-corrected chi connectivity index (χ4v) is 4.50. The first-order chi connectivity index (χ1) is 16.9. The van der Waals surface area contributed by atoms with Gasteiger partial charge in [0.25, 0.3) is 0 Å². The van der Waals surface area contributed by atoms with Crippen molar-refractivity contribution in [2.75, 3.05) is 29.9 Å². The Morgan fingerprint density at radius 3 is 2.49 bits per heavy atom. The van der Waals surface area contributed by atoms with Gasteiger partial charge < -0.3 is 25.5 Å². The van der Waals surface area contributed by atoms with Crippen LogP contribution in [0.3, 0.4) is 0 Å². The normalized spacial score (nSPS) is 11.7. The van der Waals surface area contributed by atoms with Crippen molar-refractivity contribution in [1.82, 2.24) is 0 Å². The maximum Gasteiger partial charge on any atom is 0.336 e. The second-order valence-corrected chi connectivity index (χ2v) is 8.48. The Labute approximate surface area is 209 Å². The number of nitrogens with two attached hydrogens (primary N) is 1. The van der Waals surface area contributed by atoms with Gasteiger partial charge in [-0.25, -0.2) is 4.79 Å². The number of carboxylic acids is 1. The van der Waals surface area contributed by atoms with E-state index in [0.29, 0.717) is 29.1 Å². The van der Waals surface area contributed by atoms with E-state index in [4.69, 9.17) is 22.4 Å². The van der Waals surface area contributed by atoms with Gasteiger partial charge in [0.15, 0.2) is 5.11 Å². The van der Waals surface area contributed by atoms with Crippen LogP contribution in [0, 0.1) is 0 Å². The molecule has 0 radical (unpaired) electrons. The average Bonchev–Trinajstić information content (AvgIpc) is 2.82. The third kappa shape index (κ3) is 4.83. The molecule has 1 aliphatic heterocycles. The molecule has 0 atom stereocenters. The van der Waals surface area contributed by atoms with Crippen molar-refractivity contribution in [2.45, 2.75) is 20.8 Å². The molecule has 35 heavy (non-hydrogen) atoms. The lowest BCUT2D eigenvalue weighted by Gasteiger charge is -2.23. The minimum atomic E-state index is -1.03. The van der Waals surface area contributed by atoms with Crippen LogP contribution in [0.4, 0.5) is 11.4 Å². The van der Waals surface area contributed by atoms with Crippen LogP contribution in [0.2, 0.25) is 0 Å². The zero-order valence-corrected chi connectivity index (χ0v) is 20.8. The number of carbonyl (C=O) groups is 1. The first-order valence-corrected chi connectivity index (χ1v) is 12.0. The lowest BCUT2D eigenvalue weighted by atomic mass is 9.90. The smallest absolute Gasteiger partial charge is 0.336 e. The minimum Gasteiger partial charge on any atom is -0.478 e. The predicted molar refractivity (Wildman–Crippen MR) is 145 cm³/mol. The van der Waals surface area contributed by atoms with E-state index in [1.165, 1.54) is 0 Å². The van der Waals surface area contributed by atoms with Gasteiger partial charge >= 0.3 is 5.97 Å².